The van der Waals surface area contributed by atoms with Gasteiger partial charge in [0.25, 0.3) is 0 Å². The summed E-state index contributed by atoms with van der Waals surface area (Å²) < 4.78 is 5.19. The van der Waals surface area contributed by atoms with Crippen LogP contribution in [0.1, 0.15) is 0 Å². The van der Waals surface area contributed by atoms with Gasteiger partial charge < -0.3 is 9.52 Å². The molecule has 0 saturated carbocycles. The van der Waals surface area contributed by atoms with Gasteiger partial charge in [0.05, 0.1) is 0 Å². The van der Waals surface area contributed by atoms with E-state index in [9.17, 15) is 9.59 Å². The number of aliphatic carboxylic acids is 1. The van der Waals surface area contributed by atoms with Gasteiger partial charge >= 0.3 is 11.9 Å². The molecule has 15 heavy (non-hydrogen) atoms. The van der Waals surface area contributed by atoms with Crippen LogP contribution in [-0.2, 0) is 9.59 Å². The van der Waals surface area contributed by atoms with E-state index in [1.165, 1.54) is 0 Å². The van der Waals surface area contributed by atoms with Crippen molar-refractivity contribution in [2.24, 2.45) is 0 Å². The summed E-state index contributed by atoms with van der Waals surface area (Å²) >= 11 is 0. The van der Waals surface area contributed by atoms with Gasteiger partial charge in [-0.15, -0.1) is 0 Å². The number of carboxylic acid groups (broad SMARTS) is 1. The van der Waals surface area contributed by atoms with E-state index in [2.05, 4.69) is 5.32 Å². The predicted octanol–water partition coefficient (Wildman–Crippen LogP) is 1.46. The first-order valence-electron chi connectivity index (χ1n) is 4.19. The molecule has 0 aliphatic rings. The Balaban J connectivity index is 2.30. The largest absolute Gasteiger partial charge is 0.474 e. The van der Waals surface area contributed by atoms with Gasteiger partial charge in [-0.3, -0.25) is 10.1 Å². The number of furan rings is 1. The normalized spacial score (nSPS) is 10.1. The second kappa shape index (κ2) is 3.45. The summed E-state index contributed by atoms with van der Waals surface area (Å²) in [5.74, 6) is -2.53. The number of hydrogen-bond donors (Lipinski definition) is 2. The van der Waals surface area contributed by atoms with Crippen LogP contribution in [0.15, 0.2) is 34.7 Å². The Morgan fingerprint density at radius 1 is 1.27 bits per heavy atom. The molecule has 2 aromatic rings. The molecule has 1 aromatic heterocycles. The van der Waals surface area contributed by atoms with Crippen molar-refractivity contribution in [3.05, 3.63) is 30.3 Å². The minimum absolute atomic E-state index is 0.128. The third kappa shape index (κ3) is 1.80. The molecular formula is C10H7NO4. The van der Waals surface area contributed by atoms with Crippen molar-refractivity contribution < 1.29 is 19.1 Å². The number of hydrogen-bond acceptors (Lipinski definition) is 3. The molecule has 5 heteroatoms. The van der Waals surface area contributed by atoms with Gasteiger partial charge in [0, 0.05) is 11.5 Å². The number of amides is 1. The molecule has 5 nitrogen and oxygen atoms in total. The highest BCUT2D eigenvalue weighted by Crippen LogP contribution is 2.22. The maximum Gasteiger partial charge on any atom is 0.394 e. The van der Waals surface area contributed by atoms with Gasteiger partial charge in [-0.2, -0.15) is 0 Å². The van der Waals surface area contributed by atoms with E-state index in [-0.39, 0.29) is 5.88 Å². The van der Waals surface area contributed by atoms with Crippen LogP contribution in [-0.4, -0.2) is 17.0 Å². The molecule has 1 heterocycles. The van der Waals surface area contributed by atoms with Crippen LogP contribution in [0.5, 0.6) is 0 Å². The van der Waals surface area contributed by atoms with Crippen molar-refractivity contribution in [3.63, 3.8) is 0 Å². The maximum atomic E-state index is 10.8. The Kier molecular flexibility index (Phi) is 2.13. The molecule has 0 atom stereocenters. The predicted molar refractivity (Wildman–Crippen MR) is 52.5 cm³/mol. The van der Waals surface area contributed by atoms with Crippen molar-refractivity contribution in [2.75, 3.05) is 5.32 Å². The molecule has 1 amide bonds. The molecule has 0 radical (unpaired) electrons. The van der Waals surface area contributed by atoms with Crippen molar-refractivity contribution in [2.45, 2.75) is 0 Å². The molecule has 1 aromatic carbocycles. The topological polar surface area (TPSA) is 79.5 Å². The number of benzene rings is 1. The van der Waals surface area contributed by atoms with Gasteiger partial charge in [-0.1, -0.05) is 18.2 Å². The third-order valence-electron chi connectivity index (χ3n) is 1.86. The molecular weight excluding hydrogens is 198 g/mol. The van der Waals surface area contributed by atoms with Crippen LogP contribution >= 0.6 is 0 Å². The lowest BCUT2D eigenvalue weighted by Crippen LogP contribution is -2.21. The Labute approximate surface area is 84.3 Å². The first-order chi connectivity index (χ1) is 7.16. The van der Waals surface area contributed by atoms with Gasteiger partial charge in [-0.05, 0) is 6.07 Å². The third-order valence-corrected chi connectivity index (χ3v) is 1.86. The standard InChI is InChI=1S/C10H7NO4/c12-9(10(13)14)11-8-5-6-3-1-2-4-7(6)15-8/h1-5H,(H,11,12)(H,13,14). The lowest BCUT2D eigenvalue weighted by molar-refractivity contribution is -0.147. The van der Waals surface area contributed by atoms with Crippen molar-refractivity contribution in [1.82, 2.24) is 0 Å². The Morgan fingerprint density at radius 3 is 2.67 bits per heavy atom. The van der Waals surface area contributed by atoms with E-state index in [4.69, 9.17) is 9.52 Å². The summed E-state index contributed by atoms with van der Waals surface area (Å²) in [6.07, 6.45) is 0. The van der Waals surface area contributed by atoms with Crippen LogP contribution in [0.3, 0.4) is 0 Å². The highest BCUT2D eigenvalue weighted by Gasteiger charge is 2.13. The second-order valence-corrected chi connectivity index (χ2v) is 2.91. The molecule has 0 aliphatic heterocycles. The number of carbonyl (C=O) groups is 2. The molecule has 0 bridgehead atoms. The first-order valence-corrected chi connectivity index (χ1v) is 4.19. The quantitative estimate of drug-likeness (QED) is 0.690. The second-order valence-electron chi connectivity index (χ2n) is 2.91. The number of fused-ring (bicyclic) bond motifs is 1. The average Bonchev–Trinajstić information content (AvgIpc) is 2.59. The average molecular weight is 205 g/mol. The van der Waals surface area contributed by atoms with Gasteiger partial charge in [0.2, 0.25) is 5.88 Å². The zero-order chi connectivity index (χ0) is 10.8. The van der Waals surface area contributed by atoms with Gasteiger partial charge in [-0.25, -0.2) is 4.79 Å². The molecule has 0 fully saturated rings. The van der Waals surface area contributed by atoms with Crippen LogP contribution in [0.4, 0.5) is 5.88 Å². The van der Waals surface area contributed by atoms with Crippen molar-refractivity contribution >= 4 is 28.7 Å². The highest BCUT2D eigenvalue weighted by atomic mass is 16.4. The summed E-state index contributed by atoms with van der Waals surface area (Å²) in [7, 11) is 0. The maximum absolute atomic E-state index is 10.8. The lowest BCUT2D eigenvalue weighted by Gasteiger charge is -1.94. The van der Waals surface area contributed by atoms with E-state index in [1.807, 2.05) is 6.07 Å². The van der Waals surface area contributed by atoms with E-state index in [1.54, 1.807) is 24.3 Å². The zero-order valence-electron chi connectivity index (χ0n) is 7.56. The van der Waals surface area contributed by atoms with Gasteiger partial charge in [0.15, 0.2) is 0 Å². The van der Waals surface area contributed by atoms with Crippen LogP contribution < -0.4 is 5.32 Å². The Morgan fingerprint density at radius 2 is 2.00 bits per heavy atom. The minimum Gasteiger partial charge on any atom is -0.474 e. The van der Waals surface area contributed by atoms with E-state index < -0.39 is 11.9 Å². The van der Waals surface area contributed by atoms with E-state index >= 15 is 0 Å². The number of carboxylic acids is 1. The number of anilines is 1. The first kappa shape index (κ1) is 9.26. The molecule has 0 spiro atoms. The minimum atomic E-state index is -1.55. The highest BCUT2D eigenvalue weighted by molar-refractivity contribution is 6.36. The van der Waals surface area contributed by atoms with Crippen molar-refractivity contribution in [1.29, 1.82) is 0 Å². The summed E-state index contributed by atoms with van der Waals surface area (Å²) in [4.78, 5) is 21.1. The smallest absolute Gasteiger partial charge is 0.394 e. The number of para-hydroxylation sites is 1. The molecule has 0 aliphatic carbocycles. The molecule has 76 valence electrons. The zero-order valence-corrected chi connectivity index (χ0v) is 7.56. The fourth-order valence-corrected chi connectivity index (χ4v) is 1.21. The number of carbonyl (C=O) groups excluding carboxylic acids is 1. The van der Waals surface area contributed by atoms with E-state index in [0.29, 0.717) is 5.58 Å². The fraction of sp³-hybridized carbons (Fsp3) is 0. The monoisotopic (exact) mass is 205 g/mol. The van der Waals surface area contributed by atoms with Crippen molar-refractivity contribution in [3.8, 4) is 0 Å². The van der Waals surface area contributed by atoms with Crippen LogP contribution in [0.2, 0.25) is 0 Å². The Bertz CT molecular complexity index is 496. The molecule has 2 N–H and O–H groups in total. The van der Waals surface area contributed by atoms with Crippen LogP contribution in [0, 0.1) is 0 Å². The summed E-state index contributed by atoms with van der Waals surface area (Å²) in [5, 5.41) is 11.3. The Hall–Kier alpha value is -2.30. The van der Waals surface area contributed by atoms with E-state index in [0.717, 1.165) is 5.39 Å². The summed E-state index contributed by atoms with van der Waals surface area (Å²) in [6, 6.07) is 8.70. The number of nitrogens with one attached hydrogen (secondary N) is 1. The fourth-order valence-electron chi connectivity index (χ4n) is 1.21. The van der Waals surface area contributed by atoms with Crippen LogP contribution in [0.25, 0.3) is 11.0 Å². The van der Waals surface area contributed by atoms with Gasteiger partial charge in [0.1, 0.15) is 5.58 Å². The molecule has 0 unspecified atom stereocenters. The SMILES string of the molecule is O=C(O)C(=O)Nc1cc2ccccc2o1. The molecule has 2 rings (SSSR count). The molecule has 0 saturated heterocycles. The lowest BCUT2D eigenvalue weighted by atomic mass is 10.3. The summed E-state index contributed by atoms with van der Waals surface area (Å²) in [6.45, 7) is 0. The number of rotatable bonds is 1. The summed E-state index contributed by atoms with van der Waals surface area (Å²) in [5.41, 5.74) is 0.596.